The molecule has 0 saturated heterocycles. The van der Waals surface area contributed by atoms with Crippen LogP contribution in [0.3, 0.4) is 0 Å². The minimum Gasteiger partial charge on any atom is -0.370 e. The Bertz CT molecular complexity index is 655. The molecule has 1 atom stereocenters. The van der Waals surface area contributed by atoms with Crippen molar-refractivity contribution in [3.8, 4) is 0 Å². The number of nitrogens with two attached hydrogens (primary N) is 1. The Morgan fingerprint density at radius 1 is 1.35 bits per heavy atom. The highest BCUT2D eigenvalue weighted by Crippen LogP contribution is 2.18. The number of ether oxygens (including phenoxy) is 1. The molecule has 0 spiro atoms. The molecule has 0 unspecified atom stereocenters. The average Bonchev–Trinajstić information content (AvgIpc) is 2.89. The standard InChI is InChI=1S/C15H18F3N3O2/c16-15(17,18)9-23-6-5-20-14(22)12(19)7-10-8-21-13-4-2-1-3-11(10)13/h1-4,8,12,21H,5-7,9,19H2,(H,20,22)/t12-/m0/s1. The van der Waals surface area contributed by atoms with Crippen molar-refractivity contribution in [2.24, 2.45) is 5.73 Å². The van der Waals surface area contributed by atoms with E-state index in [-0.39, 0.29) is 13.2 Å². The van der Waals surface area contributed by atoms with Gasteiger partial charge < -0.3 is 20.8 Å². The summed E-state index contributed by atoms with van der Waals surface area (Å²) < 4.78 is 40.0. The summed E-state index contributed by atoms with van der Waals surface area (Å²) in [6.45, 7) is -1.56. The fourth-order valence-electron chi connectivity index (χ4n) is 2.20. The zero-order chi connectivity index (χ0) is 16.9. The lowest BCUT2D eigenvalue weighted by atomic mass is 10.1. The molecule has 1 aromatic heterocycles. The van der Waals surface area contributed by atoms with Gasteiger partial charge in [0, 0.05) is 23.6 Å². The van der Waals surface area contributed by atoms with Crippen LogP contribution in [0.4, 0.5) is 13.2 Å². The molecule has 4 N–H and O–H groups in total. The number of aromatic nitrogens is 1. The molecule has 0 bridgehead atoms. The first-order chi connectivity index (χ1) is 10.9. The molecule has 0 aliphatic rings. The number of hydrogen-bond donors (Lipinski definition) is 3. The molecular formula is C15H18F3N3O2. The Morgan fingerprint density at radius 3 is 2.83 bits per heavy atom. The van der Waals surface area contributed by atoms with Gasteiger partial charge in [-0.05, 0) is 18.1 Å². The van der Waals surface area contributed by atoms with Gasteiger partial charge >= 0.3 is 6.18 Å². The molecule has 5 nitrogen and oxygen atoms in total. The van der Waals surface area contributed by atoms with E-state index in [1.165, 1.54) is 0 Å². The number of rotatable bonds is 7. The molecule has 1 heterocycles. The summed E-state index contributed by atoms with van der Waals surface area (Å²) in [7, 11) is 0. The summed E-state index contributed by atoms with van der Waals surface area (Å²) in [6, 6.07) is 6.86. The molecule has 0 aliphatic heterocycles. The number of H-pyrrole nitrogens is 1. The van der Waals surface area contributed by atoms with Crippen LogP contribution in [0.25, 0.3) is 10.9 Å². The summed E-state index contributed by atoms with van der Waals surface area (Å²) in [4.78, 5) is 14.9. The van der Waals surface area contributed by atoms with Crippen molar-refractivity contribution in [3.05, 3.63) is 36.0 Å². The highest BCUT2D eigenvalue weighted by molar-refractivity contribution is 5.86. The van der Waals surface area contributed by atoms with Crippen molar-refractivity contribution >= 4 is 16.8 Å². The van der Waals surface area contributed by atoms with Gasteiger partial charge in [-0.15, -0.1) is 0 Å². The van der Waals surface area contributed by atoms with Gasteiger partial charge in [0.25, 0.3) is 0 Å². The van der Waals surface area contributed by atoms with Crippen LogP contribution >= 0.6 is 0 Å². The summed E-state index contributed by atoms with van der Waals surface area (Å²) in [5.41, 5.74) is 7.70. The van der Waals surface area contributed by atoms with Crippen LogP contribution in [0, 0.1) is 0 Å². The molecule has 8 heteroatoms. The quantitative estimate of drug-likeness (QED) is 0.677. The minimum absolute atomic E-state index is 0.0174. The molecule has 1 aromatic carbocycles. The second-order valence-electron chi connectivity index (χ2n) is 5.13. The van der Waals surface area contributed by atoms with Crippen LogP contribution in [-0.4, -0.2) is 42.9 Å². The second-order valence-corrected chi connectivity index (χ2v) is 5.13. The van der Waals surface area contributed by atoms with Gasteiger partial charge in [-0.25, -0.2) is 0 Å². The zero-order valence-corrected chi connectivity index (χ0v) is 12.3. The van der Waals surface area contributed by atoms with Gasteiger partial charge in [0.1, 0.15) is 6.61 Å². The average molecular weight is 329 g/mol. The van der Waals surface area contributed by atoms with Crippen LogP contribution in [0.5, 0.6) is 0 Å². The topological polar surface area (TPSA) is 80.1 Å². The Labute approximate surface area is 131 Å². The van der Waals surface area contributed by atoms with Crippen LogP contribution in [0.1, 0.15) is 5.56 Å². The Kier molecular flexibility index (Phi) is 5.62. The maximum atomic E-state index is 11.9. The number of fused-ring (bicyclic) bond motifs is 1. The van der Waals surface area contributed by atoms with Crippen LogP contribution in [0.2, 0.25) is 0 Å². The van der Waals surface area contributed by atoms with E-state index in [9.17, 15) is 18.0 Å². The number of amides is 1. The third-order valence-corrected chi connectivity index (χ3v) is 3.26. The van der Waals surface area contributed by atoms with Gasteiger partial charge in [0.2, 0.25) is 5.91 Å². The maximum absolute atomic E-state index is 11.9. The maximum Gasteiger partial charge on any atom is 0.411 e. The first-order valence-corrected chi connectivity index (χ1v) is 7.09. The third-order valence-electron chi connectivity index (χ3n) is 3.26. The van der Waals surface area contributed by atoms with E-state index >= 15 is 0 Å². The number of para-hydroxylation sites is 1. The summed E-state index contributed by atoms with van der Waals surface area (Å²) in [6.07, 6.45) is -2.24. The molecule has 0 aliphatic carbocycles. The first-order valence-electron chi connectivity index (χ1n) is 7.09. The van der Waals surface area contributed by atoms with Gasteiger partial charge in [0.15, 0.2) is 0 Å². The minimum atomic E-state index is -4.37. The highest BCUT2D eigenvalue weighted by atomic mass is 19.4. The molecule has 2 rings (SSSR count). The van der Waals surface area contributed by atoms with Crippen LogP contribution in [0.15, 0.2) is 30.5 Å². The molecule has 1 amide bonds. The number of nitrogens with one attached hydrogen (secondary N) is 2. The summed E-state index contributed by atoms with van der Waals surface area (Å²) in [5, 5.41) is 3.45. The summed E-state index contributed by atoms with van der Waals surface area (Å²) in [5.74, 6) is -0.425. The predicted molar refractivity (Wildman–Crippen MR) is 79.9 cm³/mol. The van der Waals surface area contributed by atoms with Crippen molar-refractivity contribution in [3.63, 3.8) is 0 Å². The number of alkyl halides is 3. The van der Waals surface area contributed by atoms with Crippen molar-refractivity contribution < 1.29 is 22.7 Å². The Balaban J connectivity index is 1.77. The number of carbonyl (C=O) groups is 1. The summed E-state index contributed by atoms with van der Waals surface area (Å²) >= 11 is 0. The number of aromatic amines is 1. The normalized spacial score (nSPS) is 13.2. The van der Waals surface area contributed by atoms with Gasteiger partial charge in [0.05, 0.1) is 12.6 Å². The van der Waals surface area contributed by atoms with E-state index in [4.69, 9.17) is 5.73 Å². The number of carbonyl (C=O) groups excluding carboxylic acids is 1. The highest BCUT2D eigenvalue weighted by Gasteiger charge is 2.27. The lowest BCUT2D eigenvalue weighted by molar-refractivity contribution is -0.173. The molecule has 0 fully saturated rings. The monoisotopic (exact) mass is 329 g/mol. The molecule has 0 radical (unpaired) electrons. The van der Waals surface area contributed by atoms with Crippen LogP contribution < -0.4 is 11.1 Å². The van der Waals surface area contributed by atoms with E-state index in [2.05, 4.69) is 15.0 Å². The lowest BCUT2D eigenvalue weighted by Gasteiger charge is -2.12. The molecular weight excluding hydrogens is 311 g/mol. The van der Waals surface area contributed by atoms with Gasteiger partial charge in [-0.3, -0.25) is 4.79 Å². The van der Waals surface area contributed by atoms with E-state index in [1.54, 1.807) is 6.20 Å². The van der Waals surface area contributed by atoms with Crippen molar-refractivity contribution in [2.45, 2.75) is 18.6 Å². The molecule has 2 aromatic rings. The van der Waals surface area contributed by atoms with E-state index in [0.717, 1.165) is 16.5 Å². The first kappa shape index (κ1) is 17.3. The van der Waals surface area contributed by atoms with Crippen molar-refractivity contribution in [1.29, 1.82) is 0 Å². The van der Waals surface area contributed by atoms with E-state index < -0.39 is 24.7 Å². The molecule has 0 saturated carbocycles. The fourth-order valence-corrected chi connectivity index (χ4v) is 2.20. The van der Waals surface area contributed by atoms with E-state index in [1.807, 2.05) is 24.3 Å². The third kappa shape index (κ3) is 5.26. The van der Waals surface area contributed by atoms with Crippen molar-refractivity contribution in [2.75, 3.05) is 19.8 Å². The zero-order valence-electron chi connectivity index (χ0n) is 12.3. The number of halogens is 3. The Hall–Kier alpha value is -2.06. The van der Waals surface area contributed by atoms with Gasteiger partial charge in [-0.2, -0.15) is 13.2 Å². The SMILES string of the molecule is N[C@@H](Cc1c[nH]c2ccccc12)C(=O)NCCOCC(F)(F)F. The number of hydrogen-bond acceptors (Lipinski definition) is 3. The second kappa shape index (κ2) is 7.47. The van der Waals surface area contributed by atoms with Crippen molar-refractivity contribution in [1.82, 2.24) is 10.3 Å². The predicted octanol–water partition coefficient (Wildman–Crippen LogP) is 1.73. The van der Waals surface area contributed by atoms with Crippen LogP contribution in [-0.2, 0) is 16.0 Å². The molecule has 126 valence electrons. The number of benzene rings is 1. The van der Waals surface area contributed by atoms with Gasteiger partial charge in [-0.1, -0.05) is 18.2 Å². The van der Waals surface area contributed by atoms with E-state index in [0.29, 0.717) is 6.42 Å². The smallest absolute Gasteiger partial charge is 0.370 e. The fraction of sp³-hybridized carbons (Fsp3) is 0.400. The lowest BCUT2D eigenvalue weighted by Crippen LogP contribution is -2.43. The largest absolute Gasteiger partial charge is 0.411 e. The Morgan fingerprint density at radius 2 is 2.09 bits per heavy atom. The molecule has 23 heavy (non-hydrogen) atoms.